The summed E-state index contributed by atoms with van der Waals surface area (Å²) >= 11 is 0. The third-order valence-electron chi connectivity index (χ3n) is 3.48. The Hall–Kier alpha value is -2.66. The number of aromatic nitrogens is 2. The maximum Gasteiger partial charge on any atom is 0.262 e. The van der Waals surface area contributed by atoms with Crippen molar-refractivity contribution in [2.24, 2.45) is 0 Å². The van der Waals surface area contributed by atoms with Gasteiger partial charge in [0.1, 0.15) is 0 Å². The lowest BCUT2D eigenvalue weighted by atomic mass is 10.2. The molecule has 3 aromatic rings. The van der Waals surface area contributed by atoms with Crippen LogP contribution in [-0.4, -0.2) is 16.2 Å². The molecule has 5 nitrogen and oxygen atoms in total. The molecule has 0 radical (unpaired) electrons. The van der Waals surface area contributed by atoms with Crippen molar-refractivity contribution in [2.75, 3.05) is 12.0 Å². The fourth-order valence-electron chi connectivity index (χ4n) is 2.23. The molecule has 0 bridgehead atoms. The van der Waals surface area contributed by atoms with Crippen LogP contribution in [-0.2, 0) is 6.67 Å². The summed E-state index contributed by atoms with van der Waals surface area (Å²) in [6.07, 6.45) is 1.57. The molecule has 112 valence electrons. The summed E-state index contributed by atoms with van der Waals surface area (Å²) in [4.78, 5) is 16.6. The SMILES string of the molecule is Cc1ccc(NCNCn2cnc3ccccc3c2=O)cc1. The fraction of sp³-hybridized carbons (Fsp3) is 0.176. The van der Waals surface area contributed by atoms with E-state index >= 15 is 0 Å². The van der Waals surface area contributed by atoms with Crippen molar-refractivity contribution in [2.45, 2.75) is 13.6 Å². The molecular weight excluding hydrogens is 276 g/mol. The van der Waals surface area contributed by atoms with Crippen LogP contribution in [0.15, 0.2) is 59.7 Å². The molecule has 0 saturated carbocycles. The first-order valence-electron chi connectivity index (χ1n) is 7.19. The van der Waals surface area contributed by atoms with Gasteiger partial charge >= 0.3 is 0 Å². The Balaban J connectivity index is 1.61. The Morgan fingerprint density at radius 3 is 2.68 bits per heavy atom. The Morgan fingerprint density at radius 2 is 1.86 bits per heavy atom. The maximum atomic E-state index is 12.3. The predicted octanol–water partition coefficient (Wildman–Crippen LogP) is 2.32. The molecule has 0 aliphatic carbocycles. The number of nitrogens with one attached hydrogen (secondary N) is 2. The molecule has 22 heavy (non-hydrogen) atoms. The van der Waals surface area contributed by atoms with Gasteiger partial charge in [-0.05, 0) is 31.2 Å². The van der Waals surface area contributed by atoms with Crippen molar-refractivity contribution in [1.82, 2.24) is 14.9 Å². The smallest absolute Gasteiger partial charge is 0.262 e. The molecule has 0 amide bonds. The van der Waals surface area contributed by atoms with Crippen LogP contribution >= 0.6 is 0 Å². The summed E-state index contributed by atoms with van der Waals surface area (Å²) < 4.78 is 1.57. The van der Waals surface area contributed by atoms with E-state index in [1.54, 1.807) is 17.0 Å². The summed E-state index contributed by atoms with van der Waals surface area (Å²) in [6, 6.07) is 15.5. The van der Waals surface area contributed by atoms with Crippen molar-refractivity contribution >= 4 is 16.6 Å². The number of benzene rings is 2. The van der Waals surface area contributed by atoms with Crippen molar-refractivity contribution in [3.63, 3.8) is 0 Å². The number of aryl methyl sites for hydroxylation is 1. The van der Waals surface area contributed by atoms with Gasteiger partial charge in [0.05, 0.1) is 30.6 Å². The average Bonchev–Trinajstić information content (AvgIpc) is 2.55. The maximum absolute atomic E-state index is 12.3. The predicted molar refractivity (Wildman–Crippen MR) is 88.8 cm³/mol. The highest BCUT2D eigenvalue weighted by molar-refractivity contribution is 5.76. The summed E-state index contributed by atoms with van der Waals surface area (Å²) in [5.41, 5.74) is 2.96. The number of para-hydroxylation sites is 1. The second-order valence-corrected chi connectivity index (χ2v) is 5.16. The molecule has 2 aromatic carbocycles. The number of fused-ring (bicyclic) bond motifs is 1. The van der Waals surface area contributed by atoms with E-state index in [4.69, 9.17) is 0 Å². The Kier molecular flexibility index (Phi) is 4.16. The van der Waals surface area contributed by atoms with E-state index in [2.05, 4.69) is 34.7 Å². The molecule has 0 unspecified atom stereocenters. The van der Waals surface area contributed by atoms with Crippen molar-refractivity contribution in [1.29, 1.82) is 0 Å². The van der Waals surface area contributed by atoms with Crippen LogP contribution in [0, 0.1) is 6.92 Å². The van der Waals surface area contributed by atoms with Gasteiger partial charge in [0, 0.05) is 5.69 Å². The van der Waals surface area contributed by atoms with Gasteiger partial charge in [-0.25, -0.2) is 4.98 Å². The van der Waals surface area contributed by atoms with Gasteiger partial charge in [0.15, 0.2) is 0 Å². The quantitative estimate of drug-likeness (QED) is 0.560. The van der Waals surface area contributed by atoms with E-state index in [-0.39, 0.29) is 5.56 Å². The van der Waals surface area contributed by atoms with E-state index in [0.29, 0.717) is 18.7 Å². The van der Waals surface area contributed by atoms with Crippen LogP contribution in [0.5, 0.6) is 0 Å². The van der Waals surface area contributed by atoms with Gasteiger partial charge in [-0.15, -0.1) is 0 Å². The molecule has 0 atom stereocenters. The monoisotopic (exact) mass is 294 g/mol. The zero-order valence-corrected chi connectivity index (χ0v) is 12.4. The summed E-state index contributed by atoms with van der Waals surface area (Å²) in [6.45, 7) is 3.04. The van der Waals surface area contributed by atoms with E-state index in [1.807, 2.05) is 30.3 Å². The van der Waals surface area contributed by atoms with Gasteiger partial charge in [0.2, 0.25) is 0 Å². The largest absolute Gasteiger partial charge is 0.372 e. The van der Waals surface area contributed by atoms with E-state index in [1.165, 1.54) is 5.56 Å². The van der Waals surface area contributed by atoms with Gasteiger partial charge < -0.3 is 5.32 Å². The molecule has 0 aliphatic heterocycles. The van der Waals surface area contributed by atoms with Gasteiger partial charge in [-0.1, -0.05) is 29.8 Å². The normalized spacial score (nSPS) is 10.8. The van der Waals surface area contributed by atoms with Gasteiger partial charge in [-0.2, -0.15) is 0 Å². The van der Waals surface area contributed by atoms with Gasteiger partial charge in [-0.3, -0.25) is 14.7 Å². The van der Waals surface area contributed by atoms with Crippen LogP contribution in [0.3, 0.4) is 0 Å². The minimum atomic E-state index is -0.0339. The average molecular weight is 294 g/mol. The van der Waals surface area contributed by atoms with Crippen LogP contribution < -0.4 is 16.2 Å². The second kappa shape index (κ2) is 6.41. The standard InChI is InChI=1S/C17H18N4O/c1-13-6-8-14(9-7-13)19-10-18-11-21-12-20-16-5-3-2-4-15(16)17(21)22/h2-9,12,18-19H,10-11H2,1H3. The molecule has 5 heteroatoms. The molecule has 0 fully saturated rings. The summed E-state index contributed by atoms with van der Waals surface area (Å²) in [5, 5.41) is 7.07. The van der Waals surface area contributed by atoms with Crippen molar-refractivity contribution < 1.29 is 0 Å². The van der Waals surface area contributed by atoms with Crippen LogP contribution in [0.4, 0.5) is 5.69 Å². The highest BCUT2D eigenvalue weighted by atomic mass is 16.1. The number of anilines is 1. The van der Waals surface area contributed by atoms with E-state index in [9.17, 15) is 4.79 Å². The first kappa shape index (κ1) is 14.3. The number of hydrogen-bond donors (Lipinski definition) is 2. The van der Waals surface area contributed by atoms with Crippen LogP contribution in [0.2, 0.25) is 0 Å². The minimum absolute atomic E-state index is 0.0339. The highest BCUT2D eigenvalue weighted by Crippen LogP contribution is 2.07. The molecule has 0 saturated heterocycles. The lowest BCUT2D eigenvalue weighted by Crippen LogP contribution is -2.31. The summed E-state index contributed by atoms with van der Waals surface area (Å²) in [7, 11) is 0. The molecule has 3 rings (SSSR count). The molecular formula is C17H18N4O. The minimum Gasteiger partial charge on any atom is -0.372 e. The lowest BCUT2D eigenvalue weighted by Gasteiger charge is -2.10. The Morgan fingerprint density at radius 1 is 1.09 bits per heavy atom. The number of nitrogens with zero attached hydrogens (tertiary/aromatic N) is 2. The highest BCUT2D eigenvalue weighted by Gasteiger charge is 2.02. The zero-order chi connectivity index (χ0) is 15.4. The molecule has 1 aromatic heterocycles. The molecule has 1 heterocycles. The first-order valence-corrected chi connectivity index (χ1v) is 7.19. The Labute approximate surface area is 128 Å². The van der Waals surface area contributed by atoms with Crippen molar-refractivity contribution in [3.05, 3.63) is 70.8 Å². The number of hydrogen-bond acceptors (Lipinski definition) is 4. The third-order valence-corrected chi connectivity index (χ3v) is 3.48. The first-order chi connectivity index (χ1) is 10.7. The van der Waals surface area contributed by atoms with E-state index < -0.39 is 0 Å². The van der Waals surface area contributed by atoms with E-state index in [0.717, 1.165) is 11.2 Å². The molecule has 0 spiro atoms. The molecule has 2 N–H and O–H groups in total. The lowest BCUT2D eigenvalue weighted by molar-refractivity contribution is 0.561. The summed E-state index contributed by atoms with van der Waals surface area (Å²) in [5.74, 6) is 0. The zero-order valence-electron chi connectivity index (χ0n) is 12.4. The second-order valence-electron chi connectivity index (χ2n) is 5.16. The topological polar surface area (TPSA) is 58.9 Å². The van der Waals surface area contributed by atoms with Crippen LogP contribution in [0.25, 0.3) is 10.9 Å². The van der Waals surface area contributed by atoms with Crippen LogP contribution in [0.1, 0.15) is 5.56 Å². The Bertz CT molecular complexity index is 824. The van der Waals surface area contributed by atoms with Crippen molar-refractivity contribution in [3.8, 4) is 0 Å². The fourth-order valence-corrected chi connectivity index (χ4v) is 2.23. The third kappa shape index (κ3) is 3.15. The molecule has 0 aliphatic rings. The van der Waals surface area contributed by atoms with Gasteiger partial charge in [0.25, 0.3) is 5.56 Å². The number of rotatable bonds is 5.